The first kappa shape index (κ1) is 24.1. The number of likely N-dealkylation sites (N-methyl/N-ethyl adjacent to an activating group) is 1. The Bertz CT molecular complexity index is 1030. The van der Waals surface area contributed by atoms with Crippen LogP contribution in [0.4, 0.5) is 18.0 Å². The molecule has 2 atom stereocenters. The third kappa shape index (κ3) is 4.03. The second-order valence-electron chi connectivity index (χ2n) is 9.23. The number of carbonyl (C=O) groups excluding carboxylic acids is 3. The number of halogens is 3. The van der Waals surface area contributed by atoms with Gasteiger partial charge >= 0.3 is 12.2 Å². The average Bonchev–Trinajstić information content (AvgIpc) is 3.42. The summed E-state index contributed by atoms with van der Waals surface area (Å²) in [6.07, 6.45) is -2.85. The van der Waals surface area contributed by atoms with Crippen molar-refractivity contribution >= 4 is 17.8 Å². The fraction of sp³-hybridized carbons (Fsp3) is 0.542. The number of likely N-dealkylation sites (tertiary alicyclic amines) is 1. The summed E-state index contributed by atoms with van der Waals surface area (Å²) in [7, 11) is 0. The smallest absolute Gasteiger partial charge is 0.341 e. The molecule has 0 spiro atoms. The predicted molar refractivity (Wildman–Crippen MR) is 118 cm³/mol. The Morgan fingerprint density at radius 2 is 1.79 bits per heavy atom. The fourth-order valence-electron chi connectivity index (χ4n) is 5.22. The number of urea groups is 1. The highest BCUT2D eigenvalue weighted by Crippen LogP contribution is 2.42. The van der Waals surface area contributed by atoms with Gasteiger partial charge in [-0.05, 0) is 37.3 Å². The van der Waals surface area contributed by atoms with E-state index in [-0.39, 0.29) is 36.1 Å². The lowest BCUT2D eigenvalue weighted by atomic mass is 9.91. The molecule has 4 amide bonds. The van der Waals surface area contributed by atoms with Crippen LogP contribution in [0.15, 0.2) is 35.5 Å². The monoisotopic (exact) mass is 478 g/mol. The minimum absolute atomic E-state index is 0.00252. The Balaban J connectivity index is 1.77. The van der Waals surface area contributed by atoms with Crippen LogP contribution in [0.3, 0.4) is 0 Å². The zero-order valence-corrected chi connectivity index (χ0v) is 19.5. The van der Waals surface area contributed by atoms with Crippen LogP contribution >= 0.6 is 0 Å². The highest BCUT2D eigenvalue weighted by Gasteiger charge is 2.49. The van der Waals surface area contributed by atoms with E-state index in [9.17, 15) is 27.6 Å². The van der Waals surface area contributed by atoms with Gasteiger partial charge in [-0.15, -0.1) is 0 Å². The van der Waals surface area contributed by atoms with E-state index in [1.54, 1.807) is 11.8 Å². The van der Waals surface area contributed by atoms with Crippen molar-refractivity contribution in [1.82, 2.24) is 20.0 Å². The van der Waals surface area contributed by atoms with Crippen LogP contribution in [0.2, 0.25) is 0 Å². The van der Waals surface area contributed by atoms with Gasteiger partial charge in [0.05, 0.1) is 29.4 Å². The van der Waals surface area contributed by atoms with Crippen LogP contribution in [0.25, 0.3) is 0 Å². The summed E-state index contributed by atoms with van der Waals surface area (Å²) in [5.41, 5.74) is -0.637. The first-order chi connectivity index (χ1) is 16.1. The van der Waals surface area contributed by atoms with Gasteiger partial charge in [0.2, 0.25) is 5.91 Å². The second-order valence-corrected chi connectivity index (χ2v) is 9.23. The van der Waals surface area contributed by atoms with Crippen molar-refractivity contribution in [2.45, 2.75) is 51.9 Å². The van der Waals surface area contributed by atoms with Crippen molar-refractivity contribution < 1.29 is 27.6 Å². The van der Waals surface area contributed by atoms with E-state index in [1.807, 2.05) is 13.8 Å². The molecule has 34 heavy (non-hydrogen) atoms. The number of amides is 4. The Labute approximate surface area is 196 Å². The number of alkyl halides is 3. The van der Waals surface area contributed by atoms with Crippen LogP contribution in [0.1, 0.15) is 50.8 Å². The van der Waals surface area contributed by atoms with Gasteiger partial charge in [-0.1, -0.05) is 32.0 Å². The first-order valence-corrected chi connectivity index (χ1v) is 11.6. The molecular weight excluding hydrogens is 449 g/mol. The van der Waals surface area contributed by atoms with Gasteiger partial charge in [0.15, 0.2) is 0 Å². The third-order valence-corrected chi connectivity index (χ3v) is 6.78. The Kier molecular flexibility index (Phi) is 6.35. The molecule has 1 N–H and O–H groups in total. The Morgan fingerprint density at radius 1 is 1.15 bits per heavy atom. The fourth-order valence-corrected chi connectivity index (χ4v) is 5.22. The summed E-state index contributed by atoms with van der Waals surface area (Å²) in [6.45, 7) is 6.92. The van der Waals surface area contributed by atoms with E-state index in [4.69, 9.17) is 0 Å². The molecular formula is C24H29F3N4O3. The zero-order valence-electron chi connectivity index (χ0n) is 19.5. The Morgan fingerprint density at radius 3 is 2.38 bits per heavy atom. The van der Waals surface area contributed by atoms with Gasteiger partial charge in [0.1, 0.15) is 6.04 Å². The number of hydrogen-bond acceptors (Lipinski definition) is 3. The molecule has 0 aromatic heterocycles. The van der Waals surface area contributed by atoms with E-state index in [0.717, 1.165) is 18.9 Å². The molecule has 0 unspecified atom stereocenters. The van der Waals surface area contributed by atoms with Crippen LogP contribution in [-0.2, 0) is 15.8 Å². The molecule has 0 radical (unpaired) electrons. The maximum Gasteiger partial charge on any atom is 0.416 e. The van der Waals surface area contributed by atoms with Crippen LogP contribution in [-0.4, -0.2) is 64.8 Å². The van der Waals surface area contributed by atoms with Crippen LogP contribution in [0.5, 0.6) is 0 Å². The molecule has 10 heteroatoms. The number of hydrogen-bond donors (Lipinski definition) is 1. The molecule has 3 heterocycles. The van der Waals surface area contributed by atoms with Gasteiger partial charge in [-0.3, -0.25) is 14.5 Å². The molecule has 0 bridgehead atoms. The zero-order chi connectivity index (χ0) is 24.8. The minimum Gasteiger partial charge on any atom is -0.341 e. The van der Waals surface area contributed by atoms with E-state index in [0.29, 0.717) is 18.8 Å². The van der Waals surface area contributed by atoms with E-state index >= 15 is 0 Å². The lowest BCUT2D eigenvalue weighted by Gasteiger charge is -2.34. The maximum atomic E-state index is 13.8. The second kappa shape index (κ2) is 8.96. The number of carbonyl (C=O) groups is 3. The quantitative estimate of drug-likeness (QED) is 0.704. The largest absolute Gasteiger partial charge is 0.416 e. The van der Waals surface area contributed by atoms with Crippen molar-refractivity contribution in [2.75, 3.05) is 26.2 Å². The van der Waals surface area contributed by atoms with Gasteiger partial charge in [0, 0.05) is 19.6 Å². The molecule has 1 fully saturated rings. The molecule has 1 saturated heterocycles. The number of nitrogens with one attached hydrogen (secondary N) is 1. The van der Waals surface area contributed by atoms with E-state index in [2.05, 4.69) is 5.32 Å². The number of nitrogens with zero attached hydrogens (tertiary/aromatic N) is 3. The summed E-state index contributed by atoms with van der Waals surface area (Å²) < 4.78 is 41.4. The SMILES string of the molecule is CCN1C(=O)N[C@@H](c2ccccc2C(F)(F)F)C2=C1CN([C@@H](C(=O)N1CCCC1)C(C)C)C2=O. The van der Waals surface area contributed by atoms with Gasteiger partial charge in [0.25, 0.3) is 5.91 Å². The van der Waals surface area contributed by atoms with Gasteiger partial charge in [-0.25, -0.2) is 4.79 Å². The molecule has 4 rings (SSSR count). The van der Waals surface area contributed by atoms with E-state index in [1.165, 1.54) is 28.0 Å². The highest BCUT2D eigenvalue weighted by molar-refractivity contribution is 6.03. The summed E-state index contributed by atoms with van der Waals surface area (Å²) in [6, 6.07) is 2.37. The molecule has 7 nitrogen and oxygen atoms in total. The molecule has 1 aromatic carbocycles. The van der Waals surface area contributed by atoms with Crippen molar-refractivity contribution in [1.29, 1.82) is 0 Å². The lowest BCUT2D eigenvalue weighted by molar-refractivity contribution is -0.144. The molecule has 1 aromatic rings. The van der Waals surface area contributed by atoms with Crippen molar-refractivity contribution in [3.63, 3.8) is 0 Å². The molecule has 0 saturated carbocycles. The summed E-state index contributed by atoms with van der Waals surface area (Å²) in [5.74, 6) is -0.880. The lowest BCUT2D eigenvalue weighted by Crippen LogP contribution is -2.52. The van der Waals surface area contributed by atoms with E-state index < -0.39 is 35.8 Å². The summed E-state index contributed by atoms with van der Waals surface area (Å²) in [5, 5.41) is 2.61. The number of rotatable bonds is 5. The van der Waals surface area contributed by atoms with Crippen molar-refractivity contribution in [3.05, 3.63) is 46.7 Å². The van der Waals surface area contributed by atoms with Gasteiger partial charge in [-0.2, -0.15) is 13.2 Å². The highest BCUT2D eigenvalue weighted by atomic mass is 19.4. The Hall–Kier alpha value is -3.04. The molecule has 3 aliphatic rings. The van der Waals surface area contributed by atoms with Crippen molar-refractivity contribution in [3.8, 4) is 0 Å². The molecule has 0 aliphatic carbocycles. The topological polar surface area (TPSA) is 73.0 Å². The first-order valence-electron chi connectivity index (χ1n) is 11.6. The standard InChI is InChI=1S/C24H29F3N4O3/c1-4-30-17-13-31(20(14(2)3)22(33)29-11-7-8-12-29)21(32)18(17)19(28-23(30)34)15-9-5-6-10-16(15)24(25,26)27/h5-6,9-10,14,19-20H,4,7-8,11-13H2,1-3H3,(H,28,34)/t19-,20+/m0/s1. The summed E-state index contributed by atoms with van der Waals surface area (Å²) in [4.78, 5) is 44.5. The normalized spacial score (nSPS) is 22.0. The maximum absolute atomic E-state index is 13.8. The average molecular weight is 479 g/mol. The third-order valence-electron chi connectivity index (χ3n) is 6.78. The minimum atomic E-state index is -4.66. The van der Waals surface area contributed by atoms with Crippen LogP contribution < -0.4 is 5.32 Å². The summed E-state index contributed by atoms with van der Waals surface area (Å²) >= 11 is 0. The molecule has 184 valence electrons. The van der Waals surface area contributed by atoms with Crippen LogP contribution in [0, 0.1) is 5.92 Å². The molecule has 3 aliphatic heterocycles. The number of benzene rings is 1. The van der Waals surface area contributed by atoms with Crippen molar-refractivity contribution in [2.24, 2.45) is 5.92 Å². The van der Waals surface area contributed by atoms with Gasteiger partial charge < -0.3 is 15.1 Å². The predicted octanol–water partition coefficient (Wildman–Crippen LogP) is 3.53.